The molecule has 0 unspecified atom stereocenters. The fourth-order valence-electron chi connectivity index (χ4n) is 4.04. The van der Waals surface area contributed by atoms with Crippen LogP contribution in [0.25, 0.3) is 0 Å². The quantitative estimate of drug-likeness (QED) is 0.570. The Morgan fingerprint density at radius 2 is 1.79 bits per heavy atom. The second kappa shape index (κ2) is 9.10. The molecule has 0 spiro atoms. The van der Waals surface area contributed by atoms with Crippen molar-refractivity contribution in [3.05, 3.63) is 46.5 Å². The van der Waals surface area contributed by atoms with E-state index in [1.807, 2.05) is 0 Å². The monoisotopic (exact) mass is 506 g/mol. The van der Waals surface area contributed by atoms with Crippen LogP contribution in [0.3, 0.4) is 0 Å². The summed E-state index contributed by atoms with van der Waals surface area (Å²) in [5.74, 6) is -2.08. The van der Waals surface area contributed by atoms with E-state index in [1.54, 1.807) is 0 Å². The summed E-state index contributed by atoms with van der Waals surface area (Å²) in [6.07, 6.45) is -4.26. The Balaban J connectivity index is 1.43. The molecule has 2 aromatic carbocycles. The third kappa shape index (κ3) is 5.30. The number of piperidine rings is 1. The van der Waals surface area contributed by atoms with Crippen molar-refractivity contribution in [2.45, 2.75) is 37.6 Å². The number of hydrogen-bond acceptors (Lipinski definition) is 5. The largest absolute Gasteiger partial charge is 0.573 e. The predicted octanol–water partition coefficient (Wildman–Crippen LogP) is 4.81. The fraction of sp³-hybridized carbons (Fsp3) is 0.409. The van der Waals surface area contributed by atoms with Gasteiger partial charge < -0.3 is 24.8 Å². The first-order chi connectivity index (χ1) is 15.9. The maximum atomic E-state index is 14.4. The molecule has 34 heavy (non-hydrogen) atoms. The summed E-state index contributed by atoms with van der Waals surface area (Å²) in [5, 5.41) is 12.9. The molecule has 0 radical (unpaired) electrons. The van der Waals surface area contributed by atoms with E-state index in [0.717, 1.165) is 18.2 Å². The first kappa shape index (κ1) is 24.3. The predicted molar refractivity (Wildman–Crippen MR) is 113 cm³/mol. The number of alkyl halides is 3. The number of nitrogens with one attached hydrogen (secondary N) is 1. The minimum atomic E-state index is -4.99. The van der Waals surface area contributed by atoms with Crippen LogP contribution in [-0.2, 0) is 11.2 Å². The molecule has 2 aliphatic heterocycles. The standard InChI is InChI=1S/C22H20ClF5N2O4/c23-13-9-15(25)16(10-18(13)34-22(26,27)28)30-7-5-21(32,6-8-30)11-33-17-3-2-14(24)20-12(17)1-4-19(31)29-20/h2-3,9-10,32H,1,4-8,11H2,(H,29,31). The molecule has 0 aliphatic carbocycles. The van der Waals surface area contributed by atoms with Gasteiger partial charge in [0, 0.05) is 31.1 Å². The van der Waals surface area contributed by atoms with E-state index in [0.29, 0.717) is 17.7 Å². The fourth-order valence-corrected chi connectivity index (χ4v) is 4.23. The SMILES string of the molecule is O=C1CCc2c(OCC3(O)CCN(c4cc(OC(F)(F)F)c(Cl)cc4F)CC3)ccc(F)c2N1. The molecule has 0 atom stereocenters. The summed E-state index contributed by atoms with van der Waals surface area (Å²) >= 11 is 5.67. The zero-order chi connectivity index (χ0) is 24.7. The van der Waals surface area contributed by atoms with Crippen LogP contribution in [0.15, 0.2) is 24.3 Å². The van der Waals surface area contributed by atoms with Gasteiger partial charge in [-0.15, -0.1) is 13.2 Å². The van der Waals surface area contributed by atoms with Crippen LogP contribution in [0.4, 0.5) is 33.3 Å². The van der Waals surface area contributed by atoms with E-state index < -0.39 is 34.4 Å². The Labute approximate surface area is 196 Å². The maximum absolute atomic E-state index is 14.4. The third-order valence-electron chi connectivity index (χ3n) is 5.84. The average Bonchev–Trinajstić information content (AvgIpc) is 2.75. The van der Waals surface area contributed by atoms with Crippen LogP contribution < -0.4 is 19.7 Å². The van der Waals surface area contributed by atoms with Gasteiger partial charge in [-0.25, -0.2) is 8.78 Å². The minimum absolute atomic E-state index is 0.0608. The van der Waals surface area contributed by atoms with Crippen LogP contribution in [-0.4, -0.2) is 42.7 Å². The van der Waals surface area contributed by atoms with Crippen molar-refractivity contribution in [2.75, 3.05) is 29.9 Å². The first-order valence-electron chi connectivity index (χ1n) is 10.4. The lowest BCUT2D eigenvalue weighted by Gasteiger charge is -2.39. The van der Waals surface area contributed by atoms with Crippen molar-refractivity contribution in [2.24, 2.45) is 0 Å². The van der Waals surface area contributed by atoms with E-state index in [2.05, 4.69) is 10.1 Å². The smallest absolute Gasteiger partial charge is 0.490 e. The van der Waals surface area contributed by atoms with Gasteiger partial charge in [-0.1, -0.05) is 11.6 Å². The highest BCUT2D eigenvalue weighted by Crippen LogP contribution is 2.38. The van der Waals surface area contributed by atoms with E-state index >= 15 is 0 Å². The van der Waals surface area contributed by atoms with Gasteiger partial charge in [0.25, 0.3) is 0 Å². The van der Waals surface area contributed by atoms with Gasteiger partial charge in [-0.05, 0) is 37.5 Å². The van der Waals surface area contributed by atoms with Crippen molar-refractivity contribution in [1.82, 2.24) is 0 Å². The zero-order valence-corrected chi connectivity index (χ0v) is 18.4. The van der Waals surface area contributed by atoms with Crippen molar-refractivity contribution in [1.29, 1.82) is 0 Å². The molecule has 2 N–H and O–H groups in total. The van der Waals surface area contributed by atoms with Crippen LogP contribution in [0, 0.1) is 11.6 Å². The molecule has 2 heterocycles. The Kier molecular flexibility index (Phi) is 6.52. The second-order valence-electron chi connectivity index (χ2n) is 8.23. The van der Waals surface area contributed by atoms with Gasteiger partial charge in [0.05, 0.1) is 16.4 Å². The molecule has 0 bridgehead atoms. The first-order valence-corrected chi connectivity index (χ1v) is 10.8. The lowest BCUT2D eigenvalue weighted by atomic mass is 9.92. The normalized spacial score (nSPS) is 17.7. The summed E-state index contributed by atoms with van der Waals surface area (Å²) in [4.78, 5) is 13.0. The van der Waals surface area contributed by atoms with Gasteiger partial charge in [0.2, 0.25) is 5.91 Å². The number of ether oxygens (including phenoxy) is 2. The highest BCUT2D eigenvalue weighted by atomic mass is 35.5. The lowest BCUT2D eigenvalue weighted by molar-refractivity contribution is -0.274. The van der Waals surface area contributed by atoms with Crippen molar-refractivity contribution < 1.29 is 41.3 Å². The highest BCUT2D eigenvalue weighted by molar-refractivity contribution is 6.32. The minimum Gasteiger partial charge on any atom is -0.490 e. The number of anilines is 2. The average molecular weight is 507 g/mol. The molecule has 6 nitrogen and oxygen atoms in total. The maximum Gasteiger partial charge on any atom is 0.573 e. The summed E-state index contributed by atoms with van der Waals surface area (Å²) in [5.41, 5.74) is -0.870. The number of carbonyl (C=O) groups excluding carboxylic acids is 1. The van der Waals surface area contributed by atoms with Crippen LogP contribution in [0.2, 0.25) is 5.02 Å². The number of benzene rings is 2. The van der Waals surface area contributed by atoms with Gasteiger partial charge >= 0.3 is 6.36 Å². The Morgan fingerprint density at radius 1 is 1.09 bits per heavy atom. The molecule has 4 rings (SSSR count). The van der Waals surface area contributed by atoms with E-state index in [1.165, 1.54) is 11.0 Å². The number of fused-ring (bicyclic) bond motifs is 1. The molecule has 2 aromatic rings. The number of nitrogens with zero attached hydrogens (tertiary/aromatic N) is 1. The number of aliphatic hydroxyl groups is 1. The molecule has 2 aliphatic rings. The molecule has 1 fully saturated rings. The van der Waals surface area contributed by atoms with Crippen molar-refractivity contribution in [3.8, 4) is 11.5 Å². The molecule has 1 saturated heterocycles. The molecular formula is C22H20ClF5N2O4. The molecule has 1 amide bonds. The van der Waals surface area contributed by atoms with Crippen LogP contribution >= 0.6 is 11.6 Å². The third-order valence-corrected chi connectivity index (χ3v) is 6.14. The summed E-state index contributed by atoms with van der Waals surface area (Å²) in [6, 6.07) is 4.22. The Hall–Kier alpha value is -2.79. The Bertz CT molecular complexity index is 1100. The van der Waals surface area contributed by atoms with Crippen molar-refractivity contribution >= 4 is 28.9 Å². The highest BCUT2D eigenvalue weighted by Gasteiger charge is 2.36. The zero-order valence-electron chi connectivity index (χ0n) is 17.6. The van der Waals surface area contributed by atoms with Gasteiger partial charge in [0.15, 0.2) is 0 Å². The summed E-state index contributed by atoms with van der Waals surface area (Å²) in [7, 11) is 0. The second-order valence-corrected chi connectivity index (χ2v) is 8.64. The van der Waals surface area contributed by atoms with Crippen LogP contribution in [0.5, 0.6) is 11.5 Å². The number of halogens is 6. The molecule has 184 valence electrons. The number of amides is 1. The molecule has 12 heteroatoms. The number of hydrogen-bond donors (Lipinski definition) is 2. The van der Waals surface area contributed by atoms with Crippen LogP contribution in [0.1, 0.15) is 24.8 Å². The van der Waals surface area contributed by atoms with Gasteiger partial charge in [0.1, 0.15) is 35.3 Å². The molecule has 0 saturated carbocycles. The number of carbonyl (C=O) groups is 1. The number of rotatable bonds is 5. The molecular weight excluding hydrogens is 487 g/mol. The van der Waals surface area contributed by atoms with E-state index in [-0.39, 0.29) is 56.2 Å². The lowest BCUT2D eigenvalue weighted by Crippen LogP contribution is -2.48. The molecule has 0 aromatic heterocycles. The van der Waals surface area contributed by atoms with E-state index in [4.69, 9.17) is 16.3 Å². The van der Waals surface area contributed by atoms with Gasteiger partial charge in [-0.3, -0.25) is 4.79 Å². The van der Waals surface area contributed by atoms with E-state index in [9.17, 15) is 31.9 Å². The summed E-state index contributed by atoms with van der Waals surface area (Å²) < 4.78 is 75.9. The van der Waals surface area contributed by atoms with Gasteiger partial charge in [-0.2, -0.15) is 0 Å². The summed E-state index contributed by atoms with van der Waals surface area (Å²) in [6.45, 7) is 0.112. The Morgan fingerprint density at radius 3 is 2.47 bits per heavy atom. The van der Waals surface area contributed by atoms with Crippen molar-refractivity contribution in [3.63, 3.8) is 0 Å². The topological polar surface area (TPSA) is 71.0 Å².